The van der Waals surface area contributed by atoms with Crippen LogP contribution in [-0.4, -0.2) is 19.3 Å². The zero-order valence-electron chi connectivity index (χ0n) is 14.2. The Morgan fingerprint density at radius 1 is 0.958 bits per heavy atom. The van der Waals surface area contributed by atoms with E-state index in [1.165, 1.54) is 5.56 Å². The highest BCUT2D eigenvalue weighted by Gasteiger charge is 2.32. The molecule has 0 bridgehead atoms. The predicted octanol–water partition coefficient (Wildman–Crippen LogP) is 4.44. The molecule has 1 fully saturated rings. The molecule has 1 aliphatic heterocycles. The molecular weight excluding hydrogens is 318 g/mol. The molecule has 24 heavy (non-hydrogen) atoms. The molecule has 1 heterocycles. The van der Waals surface area contributed by atoms with Crippen LogP contribution >= 0.6 is 0 Å². The lowest BCUT2D eigenvalue weighted by molar-refractivity contribution is 0.328. The Bertz CT molecular complexity index is 754. The van der Waals surface area contributed by atoms with E-state index in [0.717, 1.165) is 36.8 Å². The van der Waals surface area contributed by atoms with Crippen LogP contribution in [0.5, 0.6) is 0 Å². The van der Waals surface area contributed by atoms with Crippen LogP contribution < -0.4 is 0 Å². The Hall–Kier alpha value is -1.65. The van der Waals surface area contributed by atoms with Crippen LogP contribution in [0.3, 0.4) is 0 Å². The van der Waals surface area contributed by atoms with Gasteiger partial charge in [-0.15, -0.1) is 0 Å². The molecule has 0 amide bonds. The summed E-state index contributed by atoms with van der Waals surface area (Å²) < 4.78 is 27.9. The van der Waals surface area contributed by atoms with E-state index in [-0.39, 0.29) is 11.8 Å². The lowest BCUT2D eigenvalue weighted by Gasteiger charge is -2.29. The molecule has 1 atom stereocenters. The Morgan fingerprint density at radius 2 is 1.67 bits per heavy atom. The molecule has 1 saturated heterocycles. The van der Waals surface area contributed by atoms with Crippen molar-refractivity contribution in [2.45, 2.75) is 44.4 Å². The Morgan fingerprint density at radius 3 is 2.38 bits per heavy atom. The Kier molecular flexibility index (Phi) is 5.36. The summed E-state index contributed by atoms with van der Waals surface area (Å²) in [6.07, 6.45) is 4.02. The summed E-state index contributed by atoms with van der Waals surface area (Å²) >= 11 is 0. The topological polar surface area (TPSA) is 37.4 Å². The fourth-order valence-electron chi connectivity index (χ4n) is 3.40. The van der Waals surface area contributed by atoms with Gasteiger partial charge in [0.2, 0.25) is 10.0 Å². The van der Waals surface area contributed by atoms with E-state index in [2.05, 4.69) is 31.2 Å². The van der Waals surface area contributed by atoms with Gasteiger partial charge in [-0.25, -0.2) is 8.42 Å². The van der Waals surface area contributed by atoms with Crippen molar-refractivity contribution < 1.29 is 8.42 Å². The van der Waals surface area contributed by atoms with E-state index in [9.17, 15) is 8.42 Å². The summed E-state index contributed by atoms with van der Waals surface area (Å²) in [4.78, 5) is 0. The minimum atomic E-state index is -3.33. The number of aryl methyl sites for hydroxylation is 1. The minimum absolute atomic E-state index is 0.0400. The van der Waals surface area contributed by atoms with Crippen molar-refractivity contribution >= 4 is 10.0 Å². The van der Waals surface area contributed by atoms with Crippen molar-refractivity contribution in [3.05, 3.63) is 71.3 Å². The molecule has 0 spiro atoms. The van der Waals surface area contributed by atoms with Gasteiger partial charge in [0.05, 0.1) is 5.75 Å². The first-order chi connectivity index (χ1) is 11.6. The van der Waals surface area contributed by atoms with Crippen LogP contribution in [0.15, 0.2) is 54.6 Å². The Labute approximate surface area is 145 Å². The van der Waals surface area contributed by atoms with E-state index < -0.39 is 10.0 Å². The highest BCUT2D eigenvalue weighted by atomic mass is 32.2. The standard InChI is InChI=1S/C20H25NO2S/c1-17-11-13-19(14-12-17)20-10-6-3-7-15-21(20)24(22,23)16-18-8-4-2-5-9-18/h2,4-5,8-9,11-14,20H,3,6-7,10,15-16H2,1H3/t20-/m1/s1. The average Bonchev–Trinajstić information content (AvgIpc) is 2.83. The molecule has 0 aliphatic carbocycles. The molecule has 0 radical (unpaired) electrons. The van der Waals surface area contributed by atoms with Crippen molar-refractivity contribution in [2.24, 2.45) is 0 Å². The van der Waals surface area contributed by atoms with Crippen LogP contribution in [0.1, 0.15) is 48.4 Å². The van der Waals surface area contributed by atoms with E-state index in [1.54, 1.807) is 4.31 Å². The predicted molar refractivity (Wildman–Crippen MR) is 98.2 cm³/mol. The molecule has 0 N–H and O–H groups in total. The third kappa shape index (κ3) is 4.05. The SMILES string of the molecule is Cc1ccc([C@H]2CCCCCN2S(=O)(=O)Cc2ccccc2)cc1. The van der Waals surface area contributed by atoms with Crippen molar-refractivity contribution in [3.8, 4) is 0 Å². The van der Waals surface area contributed by atoms with Crippen molar-refractivity contribution in [1.82, 2.24) is 4.31 Å². The molecule has 3 nitrogen and oxygen atoms in total. The quantitative estimate of drug-likeness (QED) is 0.823. The molecule has 0 unspecified atom stereocenters. The first-order valence-corrected chi connectivity index (χ1v) is 10.3. The number of rotatable bonds is 4. The number of sulfonamides is 1. The van der Waals surface area contributed by atoms with Crippen LogP contribution in [0.25, 0.3) is 0 Å². The van der Waals surface area contributed by atoms with Gasteiger partial charge in [0.25, 0.3) is 0 Å². The van der Waals surface area contributed by atoms with Crippen LogP contribution in [0.2, 0.25) is 0 Å². The summed E-state index contributed by atoms with van der Waals surface area (Å²) in [6, 6.07) is 17.7. The molecule has 0 saturated carbocycles. The third-order valence-corrected chi connectivity index (χ3v) is 6.56. The first-order valence-electron chi connectivity index (χ1n) is 8.66. The molecule has 0 aromatic heterocycles. The van der Waals surface area contributed by atoms with Crippen LogP contribution in [-0.2, 0) is 15.8 Å². The summed E-state index contributed by atoms with van der Waals surface area (Å²) in [5.74, 6) is 0.0796. The molecule has 1 aliphatic rings. The normalized spacial score (nSPS) is 19.8. The lowest BCUT2D eigenvalue weighted by atomic mass is 10.0. The monoisotopic (exact) mass is 343 g/mol. The maximum atomic E-state index is 13.1. The Balaban J connectivity index is 1.90. The van der Waals surface area contributed by atoms with E-state index in [1.807, 2.05) is 30.3 Å². The number of benzene rings is 2. The van der Waals surface area contributed by atoms with Gasteiger partial charge in [0.15, 0.2) is 0 Å². The van der Waals surface area contributed by atoms with Gasteiger partial charge in [0.1, 0.15) is 0 Å². The first kappa shape index (κ1) is 17.2. The average molecular weight is 343 g/mol. The third-order valence-electron chi connectivity index (χ3n) is 4.72. The maximum absolute atomic E-state index is 13.1. The van der Waals surface area contributed by atoms with Crippen LogP contribution in [0.4, 0.5) is 0 Å². The molecule has 4 heteroatoms. The molecule has 128 valence electrons. The number of hydrogen-bond acceptors (Lipinski definition) is 2. The largest absolute Gasteiger partial charge is 0.218 e. The fourth-order valence-corrected chi connectivity index (χ4v) is 5.21. The van der Waals surface area contributed by atoms with Crippen molar-refractivity contribution in [2.75, 3.05) is 6.54 Å². The van der Waals surface area contributed by atoms with Gasteiger partial charge in [-0.3, -0.25) is 0 Å². The molecule has 2 aromatic rings. The van der Waals surface area contributed by atoms with Gasteiger partial charge in [-0.05, 0) is 30.9 Å². The number of hydrogen-bond donors (Lipinski definition) is 0. The van der Waals surface area contributed by atoms with Gasteiger partial charge in [0, 0.05) is 12.6 Å². The summed E-state index contributed by atoms with van der Waals surface area (Å²) in [5, 5.41) is 0. The zero-order chi connectivity index (χ0) is 17.0. The van der Waals surface area contributed by atoms with E-state index in [4.69, 9.17) is 0 Å². The van der Waals surface area contributed by atoms with Crippen molar-refractivity contribution in [1.29, 1.82) is 0 Å². The molecule has 3 rings (SSSR count). The summed E-state index contributed by atoms with van der Waals surface area (Å²) in [7, 11) is -3.33. The second-order valence-corrected chi connectivity index (χ2v) is 8.55. The maximum Gasteiger partial charge on any atom is 0.218 e. The van der Waals surface area contributed by atoms with Gasteiger partial charge in [-0.1, -0.05) is 73.0 Å². The van der Waals surface area contributed by atoms with Crippen molar-refractivity contribution in [3.63, 3.8) is 0 Å². The van der Waals surface area contributed by atoms with Crippen LogP contribution in [0, 0.1) is 6.92 Å². The fraction of sp³-hybridized carbons (Fsp3) is 0.400. The second-order valence-electron chi connectivity index (χ2n) is 6.63. The summed E-state index contributed by atoms with van der Waals surface area (Å²) in [6.45, 7) is 2.68. The second kappa shape index (κ2) is 7.49. The minimum Gasteiger partial charge on any atom is -0.212 e. The molecule has 2 aromatic carbocycles. The highest BCUT2D eigenvalue weighted by molar-refractivity contribution is 7.88. The highest BCUT2D eigenvalue weighted by Crippen LogP contribution is 2.33. The zero-order valence-corrected chi connectivity index (χ0v) is 15.0. The van der Waals surface area contributed by atoms with Gasteiger partial charge < -0.3 is 0 Å². The number of nitrogens with zero attached hydrogens (tertiary/aromatic N) is 1. The lowest BCUT2D eigenvalue weighted by Crippen LogP contribution is -2.35. The summed E-state index contributed by atoms with van der Waals surface area (Å²) in [5.41, 5.74) is 3.16. The van der Waals surface area contributed by atoms with E-state index in [0.29, 0.717) is 6.54 Å². The van der Waals surface area contributed by atoms with Gasteiger partial charge >= 0.3 is 0 Å². The molecular formula is C20H25NO2S. The van der Waals surface area contributed by atoms with Gasteiger partial charge in [-0.2, -0.15) is 4.31 Å². The van der Waals surface area contributed by atoms with E-state index >= 15 is 0 Å². The smallest absolute Gasteiger partial charge is 0.212 e.